The van der Waals surface area contributed by atoms with Gasteiger partial charge in [-0.3, -0.25) is 19.9 Å². The molecule has 0 unspecified atom stereocenters. The maximum Gasteiger partial charge on any atom is 0.344 e. The number of nitrogens with one attached hydrogen (secondary N) is 2. The van der Waals surface area contributed by atoms with Crippen molar-refractivity contribution in [3.05, 3.63) is 71.5 Å². The molecule has 2 aromatic rings. The number of urea groups is 1. The first kappa shape index (κ1) is 20.5. The van der Waals surface area contributed by atoms with Crippen molar-refractivity contribution < 1.29 is 18.8 Å². The summed E-state index contributed by atoms with van der Waals surface area (Å²) in [7, 11) is 1.69. The normalized spacial score (nSPS) is 18.8. The lowest BCUT2D eigenvalue weighted by molar-refractivity contribution is -0.139. The van der Waals surface area contributed by atoms with Crippen LogP contribution in [-0.2, 0) is 21.7 Å². The average Bonchev–Trinajstić information content (AvgIpc) is 2.93. The summed E-state index contributed by atoms with van der Waals surface area (Å²) >= 11 is 0. The van der Waals surface area contributed by atoms with Crippen molar-refractivity contribution in [2.75, 3.05) is 13.6 Å². The van der Waals surface area contributed by atoms with Gasteiger partial charge < -0.3 is 5.32 Å². The van der Waals surface area contributed by atoms with Crippen molar-refractivity contribution in [2.45, 2.75) is 25.4 Å². The van der Waals surface area contributed by atoms with E-state index in [-0.39, 0.29) is 12.4 Å². The van der Waals surface area contributed by atoms with E-state index in [0.717, 1.165) is 5.01 Å². The third-order valence-electron chi connectivity index (χ3n) is 4.88. The van der Waals surface area contributed by atoms with Crippen LogP contribution >= 0.6 is 0 Å². The predicted octanol–water partition coefficient (Wildman–Crippen LogP) is 2.15. The highest BCUT2D eigenvalue weighted by Crippen LogP contribution is 2.31. The van der Waals surface area contributed by atoms with Gasteiger partial charge in [-0.1, -0.05) is 49.4 Å². The lowest BCUT2D eigenvalue weighted by Crippen LogP contribution is -2.50. The molecule has 4 amide bonds. The molecule has 1 aliphatic heterocycles. The molecule has 2 aromatic carbocycles. The fraction of sp³-hybridized carbons (Fsp3) is 0.286. The van der Waals surface area contributed by atoms with Crippen LogP contribution in [0.15, 0.2) is 54.6 Å². The van der Waals surface area contributed by atoms with Gasteiger partial charge in [0, 0.05) is 6.54 Å². The smallest absolute Gasteiger partial charge is 0.318 e. The van der Waals surface area contributed by atoms with Gasteiger partial charge in [-0.15, -0.1) is 0 Å². The number of likely N-dealkylation sites (N-methyl/N-ethyl adjacent to an activating group) is 1. The summed E-state index contributed by atoms with van der Waals surface area (Å²) in [5.41, 5.74) is 2.54. The molecule has 0 bridgehead atoms. The third-order valence-corrected chi connectivity index (χ3v) is 4.88. The summed E-state index contributed by atoms with van der Waals surface area (Å²) in [6.07, 6.45) is 0.341. The number of rotatable bonds is 7. The second-order valence-electron chi connectivity index (χ2n) is 7.03. The molecule has 1 saturated heterocycles. The highest BCUT2D eigenvalue weighted by molar-refractivity contribution is 6.08. The van der Waals surface area contributed by atoms with Gasteiger partial charge in [0.1, 0.15) is 11.4 Å². The molecule has 29 heavy (non-hydrogen) atoms. The monoisotopic (exact) mass is 398 g/mol. The molecule has 1 fully saturated rings. The number of amides is 4. The minimum Gasteiger partial charge on any atom is -0.318 e. The first-order valence-electron chi connectivity index (χ1n) is 9.30. The van der Waals surface area contributed by atoms with E-state index in [1.54, 1.807) is 55.3 Å². The van der Waals surface area contributed by atoms with E-state index >= 15 is 0 Å². The van der Waals surface area contributed by atoms with Crippen molar-refractivity contribution in [3.63, 3.8) is 0 Å². The SMILES string of the molecule is CC[C@]1(c2ccccc2)NC(=O)N(NC(=O)CN(C)Cc2cccc(F)c2)C1=O. The summed E-state index contributed by atoms with van der Waals surface area (Å²) in [4.78, 5) is 39.5. The second kappa shape index (κ2) is 8.40. The van der Waals surface area contributed by atoms with Gasteiger partial charge in [0.15, 0.2) is 0 Å². The summed E-state index contributed by atoms with van der Waals surface area (Å²) in [5, 5.41) is 3.44. The van der Waals surface area contributed by atoms with Crippen molar-refractivity contribution in [1.29, 1.82) is 0 Å². The molecule has 1 heterocycles. The minimum absolute atomic E-state index is 0.0714. The average molecular weight is 398 g/mol. The lowest BCUT2D eigenvalue weighted by Gasteiger charge is -2.25. The van der Waals surface area contributed by atoms with Crippen molar-refractivity contribution in [3.8, 4) is 0 Å². The zero-order valence-electron chi connectivity index (χ0n) is 16.3. The van der Waals surface area contributed by atoms with E-state index in [4.69, 9.17) is 0 Å². The van der Waals surface area contributed by atoms with Gasteiger partial charge in [-0.25, -0.2) is 9.18 Å². The number of nitrogens with zero attached hydrogens (tertiary/aromatic N) is 2. The zero-order valence-corrected chi connectivity index (χ0v) is 16.3. The van der Waals surface area contributed by atoms with Crippen LogP contribution in [0.2, 0.25) is 0 Å². The van der Waals surface area contributed by atoms with E-state index in [2.05, 4.69) is 10.7 Å². The number of imide groups is 1. The predicted molar refractivity (Wildman–Crippen MR) is 105 cm³/mol. The molecule has 152 valence electrons. The van der Waals surface area contributed by atoms with E-state index in [0.29, 0.717) is 24.1 Å². The maximum absolute atomic E-state index is 13.3. The van der Waals surface area contributed by atoms with Gasteiger partial charge >= 0.3 is 6.03 Å². The van der Waals surface area contributed by atoms with Crippen LogP contribution in [0, 0.1) is 5.82 Å². The number of hydrogen-bond donors (Lipinski definition) is 2. The number of hydrogen-bond acceptors (Lipinski definition) is 4. The summed E-state index contributed by atoms with van der Waals surface area (Å²) in [6.45, 7) is 2.07. The first-order valence-corrected chi connectivity index (χ1v) is 9.30. The van der Waals surface area contributed by atoms with Crippen LogP contribution in [-0.4, -0.2) is 41.3 Å². The topological polar surface area (TPSA) is 81.8 Å². The highest BCUT2D eigenvalue weighted by atomic mass is 19.1. The van der Waals surface area contributed by atoms with Crippen molar-refractivity contribution in [2.24, 2.45) is 0 Å². The maximum atomic E-state index is 13.3. The Morgan fingerprint density at radius 1 is 1.17 bits per heavy atom. The molecule has 0 saturated carbocycles. The van der Waals surface area contributed by atoms with Crippen LogP contribution in [0.3, 0.4) is 0 Å². The van der Waals surface area contributed by atoms with Crippen LogP contribution in [0.5, 0.6) is 0 Å². The molecule has 3 rings (SSSR count). The Morgan fingerprint density at radius 3 is 2.55 bits per heavy atom. The third kappa shape index (κ3) is 4.27. The van der Waals surface area contributed by atoms with Crippen molar-refractivity contribution >= 4 is 17.8 Å². The lowest BCUT2D eigenvalue weighted by atomic mass is 9.87. The molecule has 7 nitrogen and oxygen atoms in total. The molecule has 1 aliphatic rings. The highest BCUT2D eigenvalue weighted by Gasteiger charge is 2.52. The standard InChI is InChI=1S/C21H23FN4O3/c1-3-21(16-9-5-4-6-10-16)19(28)26(20(29)23-21)24-18(27)14-25(2)13-15-8-7-11-17(22)12-15/h4-12H,3,13-14H2,1-2H3,(H,23,29)(H,24,27)/t21-/m1/s1. The summed E-state index contributed by atoms with van der Waals surface area (Å²) in [5.74, 6) is -1.40. The van der Waals surface area contributed by atoms with Crippen LogP contribution in [0.25, 0.3) is 0 Å². The number of benzene rings is 2. The molecule has 0 spiro atoms. The minimum atomic E-state index is -1.21. The quantitative estimate of drug-likeness (QED) is 0.701. The Hall–Kier alpha value is -3.26. The van der Waals surface area contributed by atoms with Gasteiger partial charge in [0.25, 0.3) is 11.8 Å². The van der Waals surface area contributed by atoms with Gasteiger partial charge in [0.2, 0.25) is 0 Å². The molecule has 0 aromatic heterocycles. The molecule has 1 atom stereocenters. The summed E-state index contributed by atoms with van der Waals surface area (Å²) < 4.78 is 13.3. The molecule has 8 heteroatoms. The fourth-order valence-corrected chi connectivity index (χ4v) is 3.45. The number of hydrazine groups is 1. The molecular weight excluding hydrogens is 375 g/mol. The van der Waals surface area contributed by atoms with E-state index in [1.807, 2.05) is 6.07 Å². The van der Waals surface area contributed by atoms with E-state index < -0.39 is 23.4 Å². The Morgan fingerprint density at radius 2 is 1.90 bits per heavy atom. The number of carbonyl (C=O) groups is 3. The number of halogens is 1. The Labute approximate surface area is 168 Å². The Bertz CT molecular complexity index is 921. The molecular formula is C21H23FN4O3. The van der Waals surface area contributed by atoms with Gasteiger partial charge in [-0.05, 0) is 36.7 Å². The Kier molecular flexibility index (Phi) is 5.93. The van der Waals surface area contributed by atoms with Crippen LogP contribution in [0.1, 0.15) is 24.5 Å². The molecule has 0 radical (unpaired) electrons. The molecule has 2 N–H and O–H groups in total. The van der Waals surface area contributed by atoms with Gasteiger partial charge in [-0.2, -0.15) is 5.01 Å². The van der Waals surface area contributed by atoms with E-state index in [9.17, 15) is 18.8 Å². The summed E-state index contributed by atoms with van der Waals surface area (Å²) in [6, 6.07) is 14.3. The van der Waals surface area contributed by atoms with Crippen LogP contribution in [0.4, 0.5) is 9.18 Å². The molecule has 0 aliphatic carbocycles. The van der Waals surface area contributed by atoms with Crippen molar-refractivity contribution in [1.82, 2.24) is 20.7 Å². The Balaban J connectivity index is 1.66. The van der Waals surface area contributed by atoms with Crippen LogP contribution < -0.4 is 10.7 Å². The number of carbonyl (C=O) groups excluding carboxylic acids is 3. The van der Waals surface area contributed by atoms with E-state index in [1.165, 1.54) is 12.1 Å². The largest absolute Gasteiger partial charge is 0.344 e. The van der Waals surface area contributed by atoms with Gasteiger partial charge in [0.05, 0.1) is 6.54 Å². The zero-order chi connectivity index (χ0) is 21.0. The first-order chi connectivity index (χ1) is 13.9. The fourth-order valence-electron chi connectivity index (χ4n) is 3.45. The second-order valence-corrected chi connectivity index (χ2v) is 7.03.